The van der Waals surface area contributed by atoms with Crippen LogP contribution in [0.3, 0.4) is 0 Å². The molecule has 0 amide bonds. The number of hydrogen-bond acceptors (Lipinski definition) is 5. The minimum atomic E-state index is 0.778. The highest BCUT2D eigenvalue weighted by Crippen LogP contribution is 2.30. The number of hydrogen-bond donors (Lipinski definition) is 0. The van der Waals surface area contributed by atoms with Crippen molar-refractivity contribution in [1.82, 2.24) is 15.1 Å². The van der Waals surface area contributed by atoms with Crippen molar-refractivity contribution < 1.29 is 8.94 Å². The monoisotopic (exact) mass is 237 g/mol. The summed E-state index contributed by atoms with van der Waals surface area (Å²) in [7, 11) is 0. The van der Waals surface area contributed by atoms with Gasteiger partial charge in [0.15, 0.2) is 0 Å². The predicted octanol–water partition coefficient (Wildman–Crippen LogP) is 3.03. The van der Waals surface area contributed by atoms with Crippen LogP contribution in [0.1, 0.15) is 0 Å². The van der Waals surface area contributed by atoms with E-state index in [2.05, 4.69) is 15.1 Å². The Morgan fingerprint density at radius 1 is 1.00 bits per heavy atom. The first-order valence-corrected chi connectivity index (χ1v) is 5.44. The zero-order chi connectivity index (χ0) is 11.9. The van der Waals surface area contributed by atoms with Crippen LogP contribution in [0.25, 0.3) is 33.1 Å². The van der Waals surface area contributed by atoms with Crippen molar-refractivity contribution in [3.63, 3.8) is 0 Å². The summed E-state index contributed by atoms with van der Waals surface area (Å²) in [6.07, 6.45) is 6.38. The van der Waals surface area contributed by atoms with Gasteiger partial charge in [0.05, 0.1) is 11.1 Å². The quantitative estimate of drug-likeness (QED) is 0.509. The van der Waals surface area contributed by atoms with E-state index in [1.54, 1.807) is 18.8 Å². The van der Waals surface area contributed by atoms with Gasteiger partial charge >= 0.3 is 0 Å². The number of benzene rings is 1. The molecule has 0 unspecified atom stereocenters. The molecule has 0 aliphatic carbocycles. The number of furan rings is 1. The van der Waals surface area contributed by atoms with Crippen molar-refractivity contribution in [2.24, 2.45) is 0 Å². The van der Waals surface area contributed by atoms with E-state index in [1.165, 1.54) is 6.33 Å². The highest BCUT2D eigenvalue weighted by molar-refractivity contribution is 6.00. The largest absolute Gasteiger partial charge is 0.470 e. The van der Waals surface area contributed by atoms with Gasteiger partial charge in [0, 0.05) is 10.9 Å². The van der Waals surface area contributed by atoms with Gasteiger partial charge in [0.25, 0.3) is 0 Å². The Hall–Kier alpha value is -2.69. The zero-order valence-electron chi connectivity index (χ0n) is 9.20. The Bertz CT molecular complexity index is 775. The zero-order valence-corrected chi connectivity index (χ0v) is 9.20. The van der Waals surface area contributed by atoms with Gasteiger partial charge in [0.2, 0.25) is 0 Å². The molecule has 18 heavy (non-hydrogen) atoms. The number of nitrogens with zero attached hydrogens (tertiary/aromatic N) is 3. The average molecular weight is 237 g/mol. The summed E-state index contributed by atoms with van der Waals surface area (Å²) < 4.78 is 10.2. The summed E-state index contributed by atoms with van der Waals surface area (Å²) in [5.41, 5.74) is 3.28. The molecule has 0 atom stereocenters. The molecule has 0 saturated heterocycles. The van der Waals surface area contributed by atoms with Crippen LogP contribution >= 0.6 is 0 Å². The number of fused-ring (bicyclic) bond motifs is 2. The Balaban J connectivity index is 2.13. The van der Waals surface area contributed by atoms with Crippen LogP contribution < -0.4 is 0 Å². The standard InChI is InChI=1S/C13H7N3O2/c1-2-8-4-18-16-12(8)9(3-1)13-10-5-17-6-11(10)14-7-15-13/h1-7H. The lowest BCUT2D eigenvalue weighted by molar-refractivity contribution is 0.428. The van der Waals surface area contributed by atoms with Crippen molar-refractivity contribution >= 4 is 21.8 Å². The van der Waals surface area contributed by atoms with Crippen LogP contribution in [-0.4, -0.2) is 15.1 Å². The van der Waals surface area contributed by atoms with Gasteiger partial charge in [-0.1, -0.05) is 17.3 Å². The van der Waals surface area contributed by atoms with Crippen LogP contribution in [0.2, 0.25) is 0 Å². The fraction of sp³-hybridized carbons (Fsp3) is 0. The third-order valence-corrected chi connectivity index (χ3v) is 2.93. The first-order chi connectivity index (χ1) is 8.93. The maximum Gasteiger partial charge on any atom is 0.131 e. The molecule has 5 nitrogen and oxygen atoms in total. The fourth-order valence-corrected chi connectivity index (χ4v) is 2.09. The first-order valence-electron chi connectivity index (χ1n) is 5.44. The Kier molecular flexibility index (Phi) is 1.77. The molecule has 0 spiro atoms. The third-order valence-electron chi connectivity index (χ3n) is 2.93. The molecule has 86 valence electrons. The lowest BCUT2D eigenvalue weighted by Crippen LogP contribution is -1.87. The van der Waals surface area contributed by atoms with Crippen molar-refractivity contribution in [1.29, 1.82) is 0 Å². The van der Waals surface area contributed by atoms with Gasteiger partial charge in [-0.3, -0.25) is 0 Å². The highest BCUT2D eigenvalue weighted by atomic mass is 16.5. The summed E-state index contributed by atoms with van der Waals surface area (Å²) in [5.74, 6) is 0. The Labute approximate surface area is 101 Å². The van der Waals surface area contributed by atoms with E-state index >= 15 is 0 Å². The molecule has 0 N–H and O–H groups in total. The van der Waals surface area contributed by atoms with Gasteiger partial charge in [-0.15, -0.1) is 0 Å². The first kappa shape index (κ1) is 9.35. The molecule has 1 aromatic carbocycles. The van der Waals surface area contributed by atoms with Gasteiger partial charge in [-0.05, 0) is 6.07 Å². The molecule has 3 heterocycles. The van der Waals surface area contributed by atoms with Crippen LogP contribution in [0.4, 0.5) is 0 Å². The summed E-state index contributed by atoms with van der Waals surface area (Å²) >= 11 is 0. The maximum atomic E-state index is 5.17. The average Bonchev–Trinajstić information content (AvgIpc) is 3.06. The molecule has 0 aliphatic heterocycles. The van der Waals surface area contributed by atoms with E-state index in [9.17, 15) is 0 Å². The van der Waals surface area contributed by atoms with Gasteiger partial charge in [-0.2, -0.15) is 0 Å². The van der Waals surface area contributed by atoms with Crippen molar-refractivity contribution in [2.75, 3.05) is 0 Å². The van der Waals surface area contributed by atoms with Crippen LogP contribution in [0, 0.1) is 0 Å². The molecule has 0 bridgehead atoms. The van der Waals surface area contributed by atoms with Gasteiger partial charge in [0.1, 0.15) is 36.2 Å². The molecule has 4 aromatic rings. The second-order valence-electron chi connectivity index (χ2n) is 3.95. The van der Waals surface area contributed by atoms with Crippen LogP contribution in [0.5, 0.6) is 0 Å². The minimum absolute atomic E-state index is 0.778. The van der Waals surface area contributed by atoms with Crippen molar-refractivity contribution in [3.05, 3.63) is 43.3 Å². The molecular weight excluding hydrogens is 230 g/mol. The lowest BCUT2D eigenvalue weighted by atomic mass is 10.1. The lowest BCUT2D eigenvalue weighted by Gasteiger charge is -2.01. The maximum absolute atomic E-state index is 5.17. The fourth-order valence-electron chi connectivity index (χ4n) is 2.09. The van der Waals surface area contributed by atoms with E-state index in [0.29, 0.717) is 0 Å². The normalized spacial score (nSPS) is 11.3. The minimum Gasteiger partial charge on any atom is -0.470 e. The van der Waals surface area contributed by atoms with Gasteiger partial charge in [-0.25, -0.2) is 9.97 Å². The topological polar surface area (TPSA) is 65.0 Å². The van der Waals surface area contributed by atoms with E-state index in [1.807, 2.05) is 18.2 Å². The molecule has 5 heteroatoms. The summed E-state index contributed by atoms with van der Waals surface area (Å²) in [6.45, 7) is 0. The van der Waals surface area contributed by atoms with Gasteiger partial charge < -0.3 is 8.94 Å². The smallest absolute Gasteiger partial charge is 0.131 e. The van der Waals surface area contributed by atoms with E-state index < -0.39 is 0 Å². The molecular formula is C13H7N3O2. The third kappa shape index (κ3) is 1.18. The molecule has 0 fully saturated rings. The summed E-state index contributed by atoms with van der Waals surface area (Å²) in [6, 6.07) is 5.85. The predicted molar refractivity (Wildman–Crippen MR) is 64.8 cm³/mol. The van der Waals surface area contributed by atoms with Crippen molar-refractivity contribution in [3.8, 4) is 11.3 Å². The molecule has 0 saturated carbocycles. The second kappa shape index (κ2) is 3.40. The number of rotatable bonds is 1. The second-order valence-corrected chi connectivity index (χ2v) is 3.95. The SMILES string of the molecule is c1cc(-c2ncnc3cocc23)c2nocc2c1. The molecule has 3 aromatic heterocycles. The summed E-state index contributed by atoms with van der Waals surface area (Å²) in [5, 5.41) is 5.84. The van der Waals surface area contributed by atoms with Crippen molar-refractivity contribution in [2.45, 2.75) is 0 Å². The van der Waals surface area contributed by atoms with Crippen LogP contribution in [0.15, 0.2) is 52.3 Å². The molecule has 4 rings (SSSR count). The number of aromatic nitrogens is 3. The highest BCUT2D eigenvalue weighted by Gasteiger charge is 2.12. The Morgan fingerprint density at radius 2 is 2.00 bits per heavy atom. The Morgan fingerprint density at radius 3 is 3.00 bits per heavy atom. The van der Waals surface area contributed by atoms with Crippen LogP contribution in [-0.2, 0) is 0 Å². The van der Waals surface area contributed by atoms with E-state index in [0.717, 1.165) is 33.1 Å². The molecule has 0 radical (unpaired) electrons. The van der Waals surface area contributed by atoms with E-state index in [4.69, 9.17) is 8.94 Å². The molecule has 0 aliphatic rings. The van der Waals surface area contributed by atoms with E-state index in [-0.39, 0.29) is 0 Å². The summed E-state index contributed by atoms with van der Waals surface area (Å²) in [4.78, 5) is 8.47.